The third kappa shape index (κ3) is 10.7. The Morgan fingerprint density at radius 2 is 1.20 bits per heavy atom. The zero-order valence-corrected chi connectivity index (χ0v) is 24.8. The van der Waals surface area contributed by atoms with Gasteiger partial charge in [-0.25, -0.2) is 18.0 Å². The highest BCUT2D eigenvalue weighted by molar-refractivity contribution is 6.01. The molecule has 0 radical (unpaired) electrons. The molecule has 0 spiro atoms. The van der Waals surface area contributed by atoms with E-state index in [1.54, 1.807) is 41.5 Å². The first-order valence-corrected chi connectivity index (χ1v) is 12.4. The molecule has 1 saturated heterocycles. The zero-order chi connectivity index (χ0) is 32.8. The second kappa shape index (κ2) is 13.9. The van der Waals surface area contributed by atoms with Crippen LogP contribution in [0.15, 0.2) is 0 Å². The van der Waals surface area contributed by atoms with Crippen LogP contribution in [0.4, 0.5) is 17.6 Å². The maximum Gasteiger partial charge on any atom is 0.338 e. The molecular formula is C27H38F4N2O8. The van der Waals surface area contributed by atoms with Crippen LogP contribution < -0.4 is 10.5 Å². The number of rotatable bonds is 3. The molecule has 14 heteroatoms. The van der Waals surface area contributed by atoms with E-state index in [4.69, 9.17) is 15.7 Å². The Morgan fingerprint density at radius 1 is 0.780 bits per heavy atom. The first-order chi connectivity index (χ1) is 18.2. The standard InChI is InChI=1S/C12H12F4O2.C9H13NO4.C6H13NO2/c1-5-6(13)8(15)9(16)10(7(5)14)18-11(17)12(2,3)4;1-9(2,3)8(13)14-10-6(11)4-5-7(10)12;1-6(2,3)4(7)5(8)9/h1-4H3;4-5H2,1-3H3;4H,7H2,1-3H3,(H,8,9). The number of aliphatic carboxylic acids is 1. The van der Waals surface area contributed by atoms with E-state index in [9.17, 15) is 41.5 Å². The number of hydrogen-bond acceptors (Lipinski definition) is 8. The Hall–Kier alpha value is -3.55. The minimum Gasteiger partial charge on any atom is -0.480 e. The van der Waals surface area contributed by atoms with E-state index in [2.05, 4.69) is 4.74 Å². The van der Waals surface area contributed by atoms with Gasteiger partial charge in [-0.05, 0) is 53.9 Å². The Morgan fingerprint density at radius 3 is 1.51 bits per heavy atom. The lowest BCUT2D eigenvalue weighted by Gasteiger charge is -2.22. The minimum atomic E-state index is -1.87. The van der Waals surface area contributed by atoms with Gasteiger partial charge < -0.3 is 20.4 Å². The predicted octanol–water partition coefficient (Wildman–Crippen LogP) is 4.59. The molecule has 0 bridgehead atoms. The Labute approximate surface area is 236 Å². The number of amides is 2. The number of ether oxygens (including phenoxy) is 1. The maximum atomic E-state index is 13.5. The predicted molar refractivity (Wildman–Crippen MR) is 138 cm³/mol. The number of halogens is 4. The van der Waals surface area contributed by atoms with Crippen LogP contribution in [0.2, 0.25) is 0 Å². The number of benzene rings is 1. The van der Waals surface area contributed by atoms with E-state index >= 15 is 0 Å². The highest BCUT2D eigenvalue weighted by Crippen LogP contribution is 2.31. The average molecular weight is 595 g/mol. The molecular weight excluding hydrogens is 556 g/mol. The summed E-state index contributed by atoms with van der Waals surface area (Å²) in [5, 5.41) is 8.96. The summed E-state index contributed by atoms with van der Waals surface area (Å²) in [5.74, 6) is -11.4. The van der Waals surface area contributed by atoms with Gasteiger partial charge in [0.2, 0.25) is 11.6 Å². The fourth-order valence-corrected chi connectivity index (χ4v) is 2.31. The van der Waals surface area contributed by atoms with Crippen molar-refractivity contribution in [2.75, 3.05) is 0 Å². The minimum absolute atomic E-state index is 0.121. The first kappa shape index (κ1) is 37.5. The van der Waals surface area contributed by atoms with E-state index in [0.717, 1.165) is 6.92 Å². The van der Waals surface area contributed by atoms with Gasteiger partial charge >= 0.3 is 17.9 Å². The lowest BCUT2D eigenvalue weighted by atomic mass is 9.88. The summed E-state index contributed by atoms with van der Waals surface area (Å²) in [6, 6.07) is -0.766. The van der Waals surface area contributed by atoms with Crippen LogP contribution >= 0.6 is 0 Å². The number of carboxylic acid groups (broad SMARTS) is 1. The van der Waals surface area contributed by atoms with E-state index in [1.807, 2.05) is 0 Å². The molecule has 1 aliphatic heterocycles. The SMILES string of the molecule is CC(C)(C)C(=O)ON1C(=O)CCC1=O.CC(C)(C)C(N)C(=O)O.Cc1c(F)c(F)c(F)c(OC(=O)C(C)(C)C)c1F. The second-order valence-corrected chi connectivity index (χ2v) is 12.2. The summed E-state index contributed by atoms with van der Waals surface area (Å²) in [6.45, 7) is 15.6. The summed E-state index contributed by atoms with van der Waals surface area (Å²) < 4.78 is 57.4. The van der Waals surface area contributed by atoms with Crippen molar-refractivity contribution in [3.05, 3.63) is 28.8 Å². The van der Waals surface area contributed by atoms with Crippen molar-refractivity contribution in [1.29, 1.82) is 0 Å². The number of carbonyl (C=O) groups excluding carboxylic acids is 4. The van der Waals surface area contributed by atoms with Gasteiger partial charge in [0, 0.05) is 18.4 Å². The van der Waals surface area contributed by atoms with Crippen LogP contribution in [-0.4, -0.2) is 45.9 Å². The van der Waals surface area contributed by atoms with Gasteiger partial charge in [0.1, 0.15) is 6.04 Å². The van der Waals surface area contributed by atoms with Crippen LogP contribution in [0.5, 0.6) is 5.75 Å². The first-order valence-electron chi connectivity index (χ1n) is 12.4. The number of nitrogens with two attached hydrogens (primary N) is 1. The quantitative estimate of drug-likeness (QED) is 0.128. The molecule has 2 amide bonds. The molecule has 232 valence electrons. The van der Waals surface area contributed by atoms with Crippen LogP contribution in [0.25, 0.3) is 0 Å². The fourth-order valence-electron chi connectivity index (χ4n) is 2.31. The molecule has 3 N–H and O–H groups in total. The number of imide groups is 1. The smallest absolute Gasteiger partial charge is 0.338 e. The number of nitrogens with zero attached hydrogens (tertiary/aromatic N) is 1. The summed E-state index contributed by atoms with van der Waals surface area (Å²) in [7, 11) is 0. The largest absolute Gasteiger partial charge is 0.480 e. The van der Waals surface area contributed by atoms with Crippen molar-refractivity contribution >= 4 is 29.7 Å². The highest BCUT2D eigenvalue weighted by Gasteiger charge is 2.36. The van der Waals surface area contributed by atoms with E-state index in [0.29, 0.717) is 5.06 Å². The van der Waals surface area contributed by atoms with Crippen LogP contribution in [0, 0.1) is 46.4 Å². The lowest BCUT2D eigenvalue weighted by molar-refractivity contribution is -0.203. The van der Waals surface area contributed by atoms with Gasteiger partial charge in [-0.1, -0.05) is 20.8 Å². The molecule has 1 aliphatic rings. The lowest BCUT2D eigenvalue weighted by Crippen LogP contribution is -2.41. The number of hydrogen-bond donors (Lipinski definition) is 2. The Bertz CT molecular complexity index is 1140. The van der Waals surface area contributed by atoms with Gasteiger partial charge in [0.25, 0.3) is 11.8 Å². The molecule has 1 fully saturated rings. The number of carboxylic acids is 1. The topological polar surface area (TPSA) is 153 Å². The van der Waals surface area contributed by atoms with Gasteiger partial charge in [0.15, 0.2) is 17.5 Å². The molecule has 1 unspecified atom stereocenters. The molecule has 1 atom stereocenters. The highest BCUT2D eigenvalue weighted by atomic mass is 19.2. The molecule has 0 aliphatic carbocycles. The van der Waals surface area contributed by atoms with Gasteiger partial charge in [-0.3, -0.25) is 19.2 Å². The van der Waals surface area contributed by atoms with Crippen LogP contribution in [0.1, 0.15) is 80.7 Å². The average Bonchev–Trinajstić information content (AvgIpc) is 3.14. The van der Waals surface area contributed by atoms with Crippen molar-refractivity contribution < 1.29 is 56.2 Å². The second-order valence-electron chi connectivity index (χ2n) is 12.2. The molecule has 0 aromatic heterocycles. The van der Waals surface area contributed by atoms with Crippen molar-refractivity contribution in [3.63, 3.8) is 0 Å². The third-order valence-electron chi connectivity index (χ3n) is 5.24. The van der Waals surface area contributed by atoms with E-state index in [1.165, 1.54) is 20.8 Å². The molecule has 2 rings (SSSR count). The summed E-state index contributed by atoms with van der Waals surface area (Å²) in [5.41, 5.74) is 2.46. The molecule has 10 nitrogen and oxygen atoms in total. The monoisotopic (exact) mass is 594 g/mol. The normalized spacial score (nSPS) is 14.4. The molecule has 1 heterocycles. The molecule has 41 heavy (non-hydrogen) atoms. The van der Waals surface area contributed by atoms with Crippen molar-refractivity contribution in [2.45, 2.75) is 88.1 Å². The molecule has 1 aromatic carbocycles. The van der Waals surface area contributed by atoms with Crippen LogP contribution in [-0.2, 0) is 28.8 Å². The third-order valence-corrected chi connectivity index (χ3v) is 5.24. The molecule has 1 aromatic rings. The van der Waals surface area contributed by atoms with Gasteiger partial charge in [-0.15, -0.1) is 5.06 Å². The fraction of sp³-hybridized carbons (Fsp3) is 0.593. The van der Waals surface area contributed by atoms with Crippen molar-refractivity contribution in [3.8, 4) is 5.75 Å². The van der Waals surface area contributed by atoms with Gasteiger partial charge in [-0.2, -0.15) is 4.39 Å². The number of hydroxylamine groups is 2. The summed E-state index contributed by atoms with van der Waals surface area (Å²) in [6.07, 6.45) is 0.243. The van der Waals surface area contributed by atoms with Crippen molar-refractivity contribution in [1.82, 2.24) is 5.06 Å². The van der Waals surface area contributed by atoms with E-state index in [-0.39, 0.29) is 18.3 Å². The summed E-state index contributed by atoms with van der Waals surface area (Å²) >= 11 is 0. The van der Waals surface area contributed by atoms with E-state index < -0.39 is 81.2 Å². The van der Waals surface area contributed by atoms with Gasteiger partial charge in [0.05, 0.1) is 10.8 Å². The number of esters is 1. The maximum absolute atomic E-state index is 13.5. The Balaban J connectivity index is 0.000000620. The number of carbonyl (C=O) groups is 5. The zero-order valence-electron chi connectivity index (χ0n) is 24.8. The Kier molecular flexibility index (Phi) is 12.7. The van der Waals surface area contributed by atoms with Crippen LogP contribution in [0.3, 0.4) is 0 Å². The summed E-state index contributed by atoms with van der Waals surface area (Å²) in [4.78, 5) is 59.9. The van der Waals surface area contributed by atoms with Crippen molar-refractivity contribution in [2.24, 2.45) is 22.0 Å². The molecule has 0 saturated carbocycles.